The molecule has 0 aromatic heterocycles. The molecular weight excluding hydrogens is 352 g/mol. The smallest absolute Gasteiger partial charge is 0.0805 e. The van der Waals surface area contributed by atoms with Crippen molar-refractivity contribution in [2.45, 2.75) is 82.8 Å². The molecule has 0 aromatic rings. The Morgan fingerprint density at radius 2 is 2.00 bits per heavy atom. The molecule has 4 atom stereocenters. The lowest BCUT2D eigenvalue weighted by Gasteiger charge is -2.38. The minimum atomic E-state index is -0.767. The van der Waals surface area contributed by atoms with Gasteiger partial charge in [0.15, 0.2) is 0 Å². The molecule has 1 saturated carbocycles. The zero-order valence-corrected chi connectivity index (χ0v) is 16.9. The van der Waals surface area contributed by atoms with Crippen LogP contribution in [0.5, 0.6) is 0 Å². The maximum atomic E-state index is 10.4. The van der Waals surface area contributed by atoms with Gasteiger partial charge in [-0.2, -0.15) is 0 Å². The number of allylic oxidation sites excluding steroid dienone is 5. The van der Waals surface area contributed by atoms with Crippen LogP contribution in [0.4, 0.5) is 0 Å². The van der Waals surface area contributed by atoms with Gasteiger partial charge >= 0.3 is 0 Å². The number of rotatable bonds is 6. The molecule has 0 bridgehead atoms. The van der Waals surface area contributed by atoms with Crippen LogP contribution >= 0.6 is 15.9 Å². The molecule has 23 heavy (non-hydrogen) atoms. The topological polar surface area (TPSA) is 40.5 Å². The van der Waals surface area contributed by atoms with Gasteiger partial charge in [0.25, 0.3) is 0 Å². The summed E-state index contributed by atoms with van der Waals surface area (Å²) < 4.78 is 0. The van der Waals surface area contributed by atoms with Crippen molar-refractivity contribution >= 4 is 15.9 Å². The van der Waals surface area contributed by atoms with Gasteiger partial charge in [-0.3, -0.25) is 0 Å². The Morgan fingerprint density at radius 3 is 2.57 bits per heavy atom. The highest BCUT2D eigenvalue weighted by atomic mass is 79.9. The van der Waals surface area contributed by atoms with Gasteiger partial charge in [-0.15, -0.1) is 0 Å². The van der Waals surface area contributed by atoms with Crippen molar-refractivity contribution in [3.05, 3.63) is 35.5 Å². The molecule has 0 spiro atoms. The molecule has 0 amide bonds. The van der Waals surface area contributed by atoms with Gasteiger partial charge < -0.3 is 10.2 Å². The normalized spacial score (nSPS) is 31.9. The van der Waals surface area contributed by atoms with E-state index in [9.17, 15) is 10.2 Å². The van der Waals surface area contributed by atoms with Crippen LogP contribution in [0.3, 0.4) is 0 Å². The molecule has 0 aromatic carbocycles. The molecule has 0 aliphatic heterocycles. The molecule has 1 aliphatic carbocycles. The van der Waals surface area contributed by atoms with Crippen molar-refractivity contribution < 1.29 is 10.2 Å². The van der Waals surface area contributed by atoms with Gasteiger partial charge in [0, 0.05) is 4.83 Å². The van der Waals surface area contributed by atoms with E-state index in [-0.39, 0.29) is 4.83 Å². The van der Waals surface area contributed by atoms with E-state index in [1.54, 1.807) is 0 Å². The number of halogens is 1. The van der Waals surface area contributed by atoms with E-state index in [2.05, 4.69) is 48.9 Å². The van der Waals surface area contributed by atoms with E-state index in [0.717, 1.165) is 32.1 Å². The van der Waals surface area contributed by atoms with Gasteiger partial charge in [0.2, 0.25) is 0 Å². The molecule has 132 valence electrons. The van der Waals surface area contributed by atoms with Crippen molar-refractivity contribution in [1.82, 2.24) is 0 Å². The zero-order valence-electron chi connectivity index (χ0n) is 15.3. The maximum absolute atomic E-state index is 10.4. The monoisotopic (exact) mass is 384 g/mol. The summed E-state index contributed by atoms with van der Waals surface area (Å²) in [6.07, 6.45) is 12.6. The summed E-state index contributed by atoms with van der Waals surface area (Å²) in [5.41, 5.74) is 1.25. The lowest BCUT2D eigenvalue weighted by molar-refractivity contribution is 0.0214. The van der Waals surface area contributed by atoms with E-state index in [1.807, 2.05) is 26.0 Å². The van der Waals surface area contributed by atoms with Crippen LogP contribution in [0.15, 0.2) is 35.5 Å². The van der Waals surface area contributed by atoms with E-state index < -0.39 is 11.2 Å². The third-order valence-electron chi connectivity index (χ3n) is 4.83. The molecule has 1 aliphatic rings. The van der Waals surface area contributed by atoms with Crippen LogP contribution in [-0.2, 0) is 0 Å². The van der Waals surface area contributed by atoms with Crippen LogP contribution < -0.4 is 0 Å². The van der Waals surface area contributed by atoms with Crippen molar-refractivity contribution in [3.63, 3.8) is 0 Å². The highest BCUT2D eigenvalue weighted by molar-refractivity contribution is 9.09. The second-order valence-electron chi connectivity index (χ2n) is 7.74. The molecule has 0 radical (unpaired) electrons. The number of alkyl halides is 1. The Kier molecular flexibility index (Phi) is 7.76. The van der Waals surface area contributed by atoms with Gasteiger partial charge in [0.05, 0.1) is 11.2 Å². The number of hydrogen-bond donors (Lipinski definition) is 2. The highest BCUT2D eigenvalue weighted by Gasteiger charge is 2.36. The Balaban J connectivity index is 2.57. The first-order chi connectivity index (χ1) is 10.5. The molecule has 1 rings (SSSR count). The van der Waals surface area contributed by atoms with Crippen molar-refractivity contribution in [2.75, 3.05) is 0 Å². The minimum Gasteiger partial charge on any atom is -0.389 e. The van der Waals surface area contributed by atoms with E-state index in [4.69, 9.17) is 0 Å². The van der Waals surface area contributed by atoms with E-state index in [1.165, 1.54) is 11.1 Å². The molecule has 2 N–H and O–H groups in total. The van der Waals surface area contributed by atoms with Crippen molar-refractivity contribution in [2.24, 2.45) is 5.92 Å². The van der Waals surface area contributed by atoms with Crippen LogP contribution in [0.2, 0.25) is 0 Å². The van der Waals surface area contributed by atoms with Crippen LogP contribution in [-0.4, -0.2) is 26.2 Å². The molecule has 1 unspecified atom stereocenters. The first-order valence-electron chi connectivity index (χ1n) is 8.62. The fourth-order valence-corrected chi connectivity index (χ4v) is 3.62. The number of hydrogen-bond acceptors (Lipinski definition) is 2. The van der Waals surface area contributed by atoms with Gasteiger partial charge in [-0.1, -0.05) is 51.4 Å². The second-order valence-corrected chi connectivity index (χ2v) is 8.85. The number of aliphatic hydroxyl groups is 2. The predicted octanol–water partition coefficient (Wildman–Crippen LogP) is 5.30. The lowest BCUT2D eigenvalue weighted by Crippen LogP contribution is -2.41. The third-order valence-corrected chi connectivity index (χ3v) is 6.19. The maximum Gasteiger partial charge on any atom is 0.0805 e. The average molecular weight is 385 g/mol. The Morgan fingerprint density at radius 1 is 1.35 bits per heavy atom. The predicted molar refractivity (Wildman–Crippen MR) is 103 cm³/mol. The molecule has 0 saturated heterocycles. The Bertz CT molecular complexity index is 468. The standard InChI is InChI=1S/C20H33BrO2/c1-15(2)8-6-11-19(4,22)12-7-9-16(3)17-10-13-20(5,23)18(21)14-17/h7-9,12,17-18,22-23H,6,10-11,13-14H2,1-5H3/b12-7+,16-9+/t17-,18-,19?,20+/m0/s1. The molecule has 2 nitrogen and oxygen atoms in total. The van der Waals surface area contributed by atoms with E-state index in [0.29, 0.717) is 5.92 Å². The fraction of sp³-hybridized carbons (Fsp3) is 0.700. The largest absolute Gasteiger partial charge is 0.389 e. The molecular formula is C20H33BrO2. The molecule has 1 fully saturated rings. The van der Waals surface area contributed by atoms with E-state index >= 15 is 0 Å². The van der Waals surface area contributed by atoms with Gasteiger partial charge in [-0.25, -0.2) is 0 Å². The van der Waals surface area contributed by atoms with Crippen molar-refractivity contribution in [3.8, 4) is 0 Å². The summed E-state index contributed by atoms with van der Waals surface area (Å²) >= 11 is 3.62. The summed E-state index contributed by atoms with van der Waals surface area (Å²) in [5, 5.41) is 20.6. The van der Waals surface area contributed by atoms with Crippen LogP contribution in [0, 0.1) is 5.92 Å². The highest BCUT2D eigenvalue weighted by Crippen LogP contribution is 2.39. The third kappa shape index (κ3) is 7.36. The first kappa shape index (κ1) is 20.7. The summed E-state index contributed by atoms with van der Waals surface area (Å²) in [7, 11) is 0. The fourth-order valence-electron chi connectivity index (χ4n) is 2.94. The van der Waals surface area contributed by atoms with Crippen molar-refractivity contribution in [1.29, 1.82) is 0 Å². The summed E-state index contributed by atoms with van der Waals surface area (Å²) in [6, 6.07) is 0. The average Bonchev–Trinajstić information content (AvgIpc) is 2.40. The minimum absolute atomic E-state index is 0.147. The lowest BCUT2D eigenvalue weighted by atomic mass is 9.77. The SMILES string of the molecule is CC(C)=CCCC(C)(O)/C=C/C=C(\C)[C@H]1CC[C@@](C)(O)[C@@H](Br)C1. The summed E-state index contributed by atoms with van der Waals surface area (Å²) in [6.45, 7) is 10.1. The van der Waals surface area contributed by atoms with Crippen LogP contribution in [0.1, 0.15) is 66.7 Å². The van der Waals surface area contributed by atoms with Gasteiger partial charge in [0.1, 0.15) is 0 Å². The summed E-state index contributed by atoms with van der Waals surface area (Å²) in [5.74, 6) is 0.500. The molecule has 3 heteroatoms. The Hall–Kier alpha value is -0.380. The quantitative estimate of drug-likeness (QED) is 0.370. The Labute approximate surface area is 150 Å². The second kappa shape index (κ2) is 8.64. The zero-order chi connectivity index (χ0) is 17.7. The summed E-state index contributed by atoms with van der Waals surface area (Å²) in [4.78, 5) is 0.147. The van der Waals surface area contributed by atoms with Crippen LogP contribution in [0.25, 0.3) is 0 Å². The first-order valence-corrected chi connectivity index (χ1v) is 9.53. The molecule has 0 heterocycles. The van der Waals surface area contributed by atoms with Gasteiger partial charge in [-0.05, 0) is 72.6 Å².